The van der Waals surface area contributed by atoms with Gasteiger partial charge < -0.3 is 9.64 Å². The van der Waals surface area contributed by atoms with E-state index in [1.807, 2.05) is 6.07 Å². The Morgan fingerprint density at radius 2 is 2.27 bits per heavy atom. The zero-order valence-electron chi connectivity index (χ0n) is 8.85. The first-order valence-corrected chi connectivity index (χ1v) is 5.39. The predicted molar refractivity (Wildman–Crippen MR) is 59.6 cm³/mol. The summed E-state index contributed by atoms with van der Waals surface area (Å²) < 4.78 is 5.06. The predicted octanol–water partition coefficient (Wildman–Crippen LogP) is 1.55. The second-order valence-corrected chi connectivity index (χ2v) is 4.38. The SMILES string of the molecule is COc1cc(N2CC(C)C(Cl)C2)ncn1. The fourth-order valence-corrected chi connectivity index (χ4v) is 1.97. The molecule has 1 aromatic rings. The van der Waals surface area contributed by atoms with E-state index < -0.39 is 0 Å². The monoisotopic (exact) mass is 227 g/mol. The molecular formula is C10H14ClN3O. The zero-order chi connectivity index (χ0) is 10.8. The summed E-state index contributed by atoms with van der Waals surface area (Å²) in [5, 5.41) is 0.200. The van der Waals surface area contributed by atoms with Gasteiger partial charge in [-0.15, -0.1) is 11.6 Å². The van der Waals surface area contributed by atoms with Crippen molar-refractivity contribution in [3.05, 3.63) is 12.4 Å². The van der Waals surface area contributed by atoms with E-state index in [1.165, 1.54) is 6.33 Å². The fraction of sp³-hybridized carbons (Fsp3) is 0.600. The molecule has 0 amide bonds. The third-order valence-corrected chi connectivity index (χ3v) is 3.25. The highest BCUT2D eigenvalue weighted by Gasteiger charge is 2.28. The molecule has 0 N–H and O–H groups in total. The van der Waals surface area contributed by atoms with Crippen LogP contribution >= 0.6 is 11.6 Å². The standard InChI is InChI=1S/C10H14ClN3O/c1-7-4-14(5-8(7)11)9-3-10(15-2)13-6-12-9/h3,6-8H,4-5H2,1-2H3. The van der Waals surface area contributed by atoms with Crippen LogP contribution in [0.15, 0.2) is 12.4 Å². The highest BCUT2D eigenvalue weighted by molar-refractivity contribution is 6.21. The van der Waals surface area contributed by atoms with E-state index >= 15 is 0 Å². The van der Waals surface area contributed by atoms with E-state index in [-0.39, 0.29) is 5.38 Å². The molecule has 2 heterocycles. The van der Waals surface area contributed by atoms with E-state index in [1.54, 1.807) is 7.11 Å². The molecule has 0 saturated carbocycles. The molecule has 0 radical (unpaired) electrons. The van der Waals surface area contributed by atoms with Crippen LogP contribution in [0.4, 0.5) is 5.82 Å². The number of ether oxygens (including phenoxy) is 1. The second kappa shape index (κ2) is 4.23. The van der Waals surface area contributed by atoms with Gasteiger partial charge in [0.25, 0.3) is 0 Å². The fourth-order valence-electron chi connectivity index (χ4n) is 1.73. The average molecular weight is 228 g/mol. The minimum atomic E-state index is 0.200. The van der Waals surface area contributed by atoms with Crippen molar-refractivity contribution in [1.82, 2.24) is 9.97 Å². The molecule has 1 aliphatic heterocycles. The first kappa shape index (κ1) is 10.5. The summed E-state index contributed by atoms with van der Waals surface area (Å²) in [6.45, 7) is 3.92. The highest BCUT2D eigenvalue weighted by Crippen LogP contribution is 2.26. The number of hydrogen-bond donors (Lipinski definition) is 0. The maximum atomic E-state index is 6.16. The van der Waals surface area contributed by atoms with Crippen LogP contribution in [0.3, 0.4) is 0 Å². The first-order valence-electron chi connectivity index (χ1n) is 4.95. The molecule has 0 aromatic carbocycles. The van der Waals surface area contributed by atoms with Gasteiger partial charge in [-0.2, -0.15) is 0 Å². The largest absolute Gasteiger partial charge is 0.481 e. The van der Waals surface area contributed by atoms with E-state index in [4.69, 9.17) is 16.3 Å². The molecule has 15 heavy (non-hydrogen) atoms. The summed E-state index contributed by atoms with van der Waals surface area (Å²) in [5.41, 5.74) is 0. The number of aromatic nitrogens is 2. The number of hydrogen-bond acceptors (Lipinski definition) is 4. The molecule has 0 bridgehead atoms. The zero-order valence-corrected chi connectivity index (χ0v) is 9.61. The summed E-state index contributed by atoms with van der Waals surface area (Å²) in [7, 11) is 1.60. The second-order valence-electron chi connectivity index (χ2n) is 3.82. The van der Waals surface area contributed by atoms with Crippen LogP contribution in [-0.4, -0.2) is 35.5 Å². The third-order valence-electron chi connectivity index (χ3n) is 2.68. The van der Waals surface area contributed by atoms with Gasteiger partial charge in [-0.05, 0) is 5.92 Å². The lowest BCUT2D eigenvalue weighted by molar-refractivity contribution is 0.397. The summed E-state index contributed by atoms with van der Waals surface area (Å²) >= 11 is 6.16. The maximum Gasteiger partial charge on any atom is 0.218 e. The lowest BCUT2D eigenvalue weighted by Crippen LogP contribution is -2.21. The Labute approximate surface area is 94.2 Å². The number of rotatable bonds is 2. The molecule has 1 saturated heterocycles. The Bertz CT molecular complexity index is 337. The molecular weight excluding hydrogens is 214 g/mol. The van der Waals surface area contributed by atoms with Gasteiger partial charge >= 0.3 is 0 Å². The van der Waals surface area contributed by atoms with Gasteiger partial charge in [-0.25, -0.2) is 9.97 Å². The number of anilines is 1. The van der Waals surface area contributed by atoms with Gasteiger partial charge in [0.15, 0.2) is 0 Å². The smallest absolute Gasteiger partial charge is 0.218 e. The van der Waals surface area contributed by atoms with Crippen molar-refractivity contribution in [3.8, 4) is 5.88 Å². The van der Waals surface area contributed by atoms with Gasteiger partial charge in [0.1, 0.15) is 12.1 Å². The van der Waals surface area contributed by atoms with Crippen molar-refractivity contribution in [2.45, 2.75) is 12.3 Å². The van der Waals surface area contributed by atoms with E-state index in [0.717, 1.165) is 18.9 Å². The van der Waals surface area contributed by atoms with E-state index in [9.17, 15) is 0 Å². The third kappa shape index (κ3) is 2.15. The van der Waals surface area contributed by atoms with Gasteiger partial charge in [-0.1, -0.05) is 6.92 Å². The van der Waals surface area contributed by atoms with Crippen molar-refractivity contribution in [1.29, 1.82) is 0 Å². The topological polar surface area (TPSA) is 38.2 Å². The van der Waals surface area contributed by atoms with Crippen LogP contribution in [0.5, 0.6) is 5.88 Å². The number of halogens is 1. The van der Waals surface area contributed by atoms with Gasteiger partial charge in [0.2, 0.25) is 5.88 Å². The summed E-state index contributed by atoms with van der Waals surface area (Å²) in [6.07, 6.45) is 1.51. The minimum Gasteiger partial charge on any atom is -0.481 e. The van der Waals surface area contributed by atoms with E-state index in [0.29, 0.717) is 11.8 Å². The molecule has 2 rings (SSSR count). The van der Waals surface area contributed by atoms with Crippen molar-refractivity contribution in [2.24, 2.45) is 5.92 Å². The molecule has 4 nitrogen and oxygen atoms in total. The molecule has 82 valence electrons. The van der Waals surface area contributed by atoms with Crippen LogP contribution in [0.2, 0.25) is 0 Å². The molecule has 0 aliphatic carbocycles. The molecule has 1 fully saturated rings. The molecule has 2 atom stereocenters. The quantitative estimate of drug-likeness (QED) is 0.719. The molecule has 1 aromatic heterocycles. The van der Waals surface area contributed by atoms with Crippen LogP contribution in [-0.2, 0) is 0 Å². The van der Waals surface area contributed by atoms with Crippen LogP contribution in [0.25, 0.3) is 0 Å². The molecule has 0 spiro atoms. The molecule has 2 unspecified atom stereocenters. The lowest BCUT2D eigenvalue weighted by Gasteiger charge is -2.16. The Morgan fingerprint density at radius 3 is 2.87 bits per heavy atom. The van der Waals surface area contributed by atoms with Gasteiger partial charge in [0, 0.05) is 19.2 Å². The first-order chi connectivity index (χ1) is 7.20. The summed E-state index contributed by atoms with van der Waals surface area (Å²) in [5.74, 6) is 1.97. The Hall–Kier alpha value is -1.03. The van der Waals surface area contributed by atoms with Gasteiger partial charge in [0.05, 0.1) is 12.5 Å². The Kier molecular flexibility index (Phi) is 2.95. The van der Waals surface area contributed by atoms with Crippen LogP contribution in [0, 0.1) is 5.92 Å². The Morgan fingerprint density at radius 1 is 1.47 bits per heavy atom. The minimum absolute atomic E-state index is 0.200. The van der Waals surface area contributed by atoms with Crippen molar-refractivity contribution in [2.75, 3.05) is 25.1 Å². The molecule has 1 aliphatic rings. The van der Waals surface area contributed by atoms with Crippen molar-refractivity contribution in [3.63, 3.8) is 0 Å². The number of nitrogens with zero attached hydrogens (tertiary/aromatic N) is 3. The molecule has 5 heteroatoms. The maximum absolute atomic E-state index is 6.16. The summed E-state index contributed by atoms with van der Waals surface area (Å²) in [6, 6.07) is 1.83. The summed E-state index contributed by atoms with van der Waals surface area (Å²) in [4.78, 5) is 10.3. The highest BCUT2D eigenvalue weighted by atomic mass is 35.5. The lowest BCUT2D eigenvalue weighted by atomic mass is 10.2. The average Bonchev–Trinajstić information content (AvgIpc) is 2.59. The van der Waals surface area contributed by atoms with Crippen molar-refractivity contribution < 1.29 is 4.74 Å². The van der Waals surface area contributed by atoms with Crippen molar-refractivity contribution >= 4 is 17.4 Å². The van der Waals surface area contributed by atoms with E-state index in [2.05, 4.69) is 21.8 Å². The number of methoxy groups -OCH3 is 1. The van der Waals surface area contributed by atoms with Crippen LogP contribution in [0.1, 0.15) is 6.92 Å². The Balaban J connectivity index is 2.16. The normalized spacial score (nSPS) is 25.7. The number of alkyl halides is 1. The van der Waals surface area contributed by atoms with Gasteiger partial charge in [-0.3, -0.25) is 0 Å². The van der Waals surface area contributed by atoms with Crippen LogP contribution < -0.4 is 9.64 Å².